The lowest BCUT2D eigenvalue weighted by atomic mass is 10.1. The minimum atomic E-state index is -0.582. The van der Waals surface area contributed by atoms with E-state index >= 15 is 0 Å². The van der Waals surface area contributed by atoms with Crippen LogP contribution in [0.25, 0.3) is 0 Å². The minimum absolute atomic E-state index is 0.177. The number of nitrogens with one attached hydrogen (secondary N) is 1. The molecule has 1 N–H and O–H groups in total. The third-order valence-electron chi connectivity index (χ3n) is 2.63. The van der Waals surface area contributed by atoms with E-state index in [1.165, 1.54) is 7.11 Å². The Morgan fingerprint density at radius 3 is 2.57 bits per heavy atom. The number of benzene rings is 1. The van der Waals surface area contributed by atoms with E-state index in [0.29, 0.717) is 16.9 Å². The molecule has 124 valence electrons. The van der Waals surface area contributed by atoms with Gasteiger partial charge in [0.15, 0.2) is 6.61 Å². The molecule has 1 aromatic carbocycles. The van der Waals surface area contributed by atoms with Crippen LogP contribution >= 0.6 is 0 Å². The van der Waals surface area contributed by atoms with Crippen LogP contribution in [0.5, 0.6) is 5.75 Å². The fourth-order valence-corrected chi connectivity index (χ4v) is 1.60. The summed E-state index contributed by atoms with van der Waals surface area (Å²) in [6, 6.07) is 5.06. The molecule has 0 saturated carbocycles. The average molecular weight is 319 g/mol. The first kappa shape index (κ1) is 18.4. The van der Waals surface area contributed by atoms with Crippen molar-refractivity contribution in [2.24, 2.45) is 0 Å². The van der Waals surface area contributed by atoms with Crippen LogP contribution in [0.3, 0.4) is 0 Å². The lowest BCUT2D eigenvalue weighted by molar-refractivity contribution is -0.142. The van der Waals surface area contributed by atoms with Gasteiger partial charge in [-0.05, 0) is 32.9 Å². The van der Waals surface area contributed by atoms with Crippen molar-refractivity contribution in [3.05, 3.63) is 29.3 Å². The summed E-state index contributed by atoms with van der Waals surface area (Å²) in [6.45, 7) is 5.26. The Labute approximate surface area is 136 Å². The molecule has 0 aliphatic rings. The molecule has 0 saturated heterocycles. The van der Waals surface area contributed by atoms with Crippen LogP contribution < -0.4 is 10.1 Å². The lowest BCUT2D eigenvalue weighted by Gasteiger charge is -2.20. The van der Waals surface area contributed by atoms with Gasteiger partial charge in [-0.15, -0.1) is 6.42 Å². The standard InChI is InChI=1S/C17H21NO5/c1-6-12-7-8-13(10-18-16(20)23-17(2,3)4)14(9-12)22-11-15(19)21-5/h1,7-9H,10-11H2,2-5H3,(H,18,20). The second-order valence-corrected chi connectivity index (χ2v) is 5.69. The van der Waals surface area contributed by atoms with E-state index in [2.05, 4.69) is 16.0 Å². The fourth-order valence-electron chi connectivity index (χ4n) is 1.60. The Morgan fingerprint density at radius 2 is 2.00 bits per heavy atom. The van der Waals surface area contributed by atoms with Crippen molar-refractivity contribution < 1.29 is 23.8 Å². The molecule has 0 aromatic heterocycles. The van der Waals surface area contributed by atoms with Gasteiger partial charge in [-0.25, -0.2) is 9.59 Å². The number of alkyl carbamates (subject to hydrolysis) is 1. The van der Waals surface area contributed by atoms with Crippen molar-refractivity contribution in [3.8, 4) is 18.1 Å². The van der Waals surface area contributed by atoms with Gasteiger partial charge in [-0.3, -0.25) is 0 Å². The number of carbonyl (C=O) groups is 2. The van der Waals surface area contributed by atoms with Crippen molar-refractivity contribution in [2.45, 2.75) is 32.9 Å². The first-order valence-corrected chi connectivity index (χ1v) is 7.01. The van der Waals surface area contributed by atoms with Crippen molar-refractivity contribution in [1.29, 1.82) is 0 Å². The zero-order chi connectivity index (χ0) is 17.5. The van der Waals surface area contributed by atoms with Crippen LogP contribution in [0.4, 0.5) is 4.79 Å². The molecular formula is C17H21NO5. The molecule has 0 atom stereocenters. The maximum absolute atomic E-state index is 11.7. The Morgan fingerprint density at radius 1 is 1.30 bits per heavy atom. The zero-order valence-electron chi connectivity index (χ0n) is 13.8. The molecule has 0 heterocycles. The Balaban J connectivity index is 2.78. The Kier molecular flexibility index (Phi) is 6.46. The number of hydrogen-bond donors (Lipinski definition) is 1. The fraction of sp³-hybridized carbons (Fsp3) is 0.412. The highest BCUT2D eigenvalue weighted by molar-refractivity contribution is 5.71. The van der Waals surface area contributed by atoms with E-state index in [9.17, 15) is 9.59 Å². The number of hydrogen-bond acceptors (Lipinski definition) is 5. The molecule has 1 amide bonds. The summed E-state index contributed by atoms with van der Waals surface area (Å²) in [7, 11) is 1.27. The first-order valence-electron chi connectivity index (χ1n) is 7.01. The van der Waals surface area contributed by atoms with Crippen LogP contribution in [0.1, 0.15) is 31.9 Å². The summed E-state index contributed by atoms with van der Waals surface area (Å²) in [6.07, 6.45) is 4.81. The summed E-state index contributed by atoms with van der Waals surface area (Å²) in [5, 5.41) is 2.63. The molecule has 0 fully saturated rings. The molecule has 6 nitrogen and oxygen atoms in total. The summed E-state index contributed by atoms with van der Waals surface area (Å²) in [5.41, 5.74) is 0.686. The summed E-state index contributed by atoms with van der Waals surface area (Å²) >= 11 is 0. The van der Waals surface area contributed by atoms with E-state index < -0.39 is 17.7 Å². The van der Waals surface area contributed by atoms with Crippen molar-refractivity contribution in [3.63, 3.8) is 0 Å². The van der Waals surface area contributed by atoms with E-state index in [1.807, 2.05) is 0 Å². The topological polar surface area (TPSA) is 73.9 Å². The molecule has 6 heteroatoms. The smallest absolute Gasteiger partial charge is 0.407 e. The van der Waals surface area contributed by atoms with E-state index in [0.717, 1.165) is 0 Å². The summed E-state index contributed by atoms with van der Waals surface area (Å²) in [4.78, 5) is 22.9. The van der Waals surface area contributed by atoms with Gasteiger partial charge >= 0.3 is 12.1 Å². The van der Waals surface area contributed by atoms with Gasteiger partial charge < -0.3 is 19.5 Å². The van der Waals surface area contributed by atoms with Gasteiger partial charge in [0.25, 0.3) is 0 Å². The molecule has 0 aliphatic carbocycles. The Bertz CT molecular complexity index is 610. The number of esters is 1. The quantitative estimate of drug-likeness (QED) is 0.665. The normalized spacial score (nSPS) is 10.4. The van der Waals surface area contributed by atoms with E-state index in [-0.39, 0.29) is 13.2 Å². The highest BCUT2D eigenvalue weighted by Crippen LogP contribution is 2.20. The van der Waals surface area contributed by atoms with Gasteiger partial charge in [0, 0.05) is 17.7 Å². The monoisotopic (exact) mass is 319 g/mol. The molecule has 0 radical (unpaired) electrons. The molecule has 1 rings (SSSR count). The summed E-state index contributed by atoms with van der Waals surface area (Å²) in [5.74, 6) is 2.38. The molecule has 1 aromatic rings. The first-order chi connectivity index (χ1) is 10.7. The van der Waals surface area contributed by atoms with E-state index in [4.69, 9.17) is 15.9 Å². The molecule has 0 spiro atoms. The highest BCUT2D eigenvalue weighted by atomic mass is 16.6. The predicted octanol–water partition coefficient (Wildman–Crippen LogP) is 2.24. The Hall–Kier alpha value is -2.68. The second kappa shape index (κ2) is 8.08. The van der Waals surface area contributed by atoms with Crippen LogP contribution in [-0.4, -0.2) is 31.4 Å². The third kappa shape index (κ3) is 6.74. The van der Waals surface area contributed by atoms with Gasteiger partial charge in [0.2, 0.25) is 0 Å². The number of ether oxygens (including phenoxy) is 3. The number of terminal acetylenes is 1. The van der Waals surface area contributed by atoms with Crippen molar-refractivity contribution >= 4 is 12.1 Å². The molecule has 23 heavy (non-hydrogen) atoms. The average Bonchev–Trinajstić information content (AvgIpc) is 2.49. The third-order valence-corrected chi connectivity index (χ3v) is 2.63. The number of carbonyl (C=O) groups excluding carboxylic acids is 2. The van der Waals surface area contributed by atoms with Crippen molar-refractivity contribution in [1.82, 2.24) is 5.32 Å². The van der Waals surface area contributed by atoms with Gasteiger partial charge in [0.1, 0.15) is 11.4 Å². The largest absolute Gasteiger partial charge is 0.482 e. The van der Waals surface area contributed by atoms with Crippen LogP contribution in [0, 0.1) is 12.3 Å². The number of methoxy groups -OCH3 is 1. The van der Waals surface area contributed by atoms with Crippen LogP contribution in [0.15, 0.2) is 18.2 Å². The number of amides is 1. The zero-order valence-corrected chi connectivity index (χ0v) is 13.8. The van der Waals surface area contributed by atoms with Gasteiger partial charge in [-0.2, -0.15) is 0 Å². The predicted molar refractivity (Wildman–Crippen MR) is 85.0 cm³/mol. The lowest BCUT2D eigenvalue weighted by Crippen LogP contribution is -2.32. The van der Waals surface area contributed by atoms with E-state index in [1.54, 1.807) is 39.0 Å². The SMILES string of the molecule is C#Cc1ccc(CNC(=O)OC(C)(C)C)c(OCC(=O)OC)c1. The van der Waals surface area contributed by atoms with Crippen LogP contribution in [0.2, 0.25) is 0 Å². The van der Waals surface area contributed by atoms with Crippen molar-refractivity contribution in [2.75, 3.05) is 13.7 Å². The molecule has 0 unspecified atom stereocenters. The molecular weight excluding hydrogens is 298 g/mol. The maximum Gasteiger partial charge on any atom is 0.407 e. The molecule has 0 aliphatic heterocycles. The summed E-state index contributed by atoms with van der Waals surface area (Å²) < 4.78 is 15.1. The molecule has 0 bridgehead atoms. The highest BCUT2D eigenvalue weighted by Gasteiger charge is 2.16. The second-order valence-electron chi connectivity index (χ2n) is 5.69. The van der Waals surface area contributed by atoms with Gasteiger partial charge in [0.05, 0.1) is 7.11 Å². The number of rotatable bonds is 5. The van der Waals surface area contributed by atoms with Crippen LogP contribution in [-0.2, 0) is 20.8 Å². The maximum atomic E-state index is 11.7. The van der Waals surface area contributed by atoms with Gasteiger partial charge in [-0.1, -0.05) is 12.0 Å². The minimum Gasteiger partial charge on any atom is -0.482 e.